The Hall–Kier alpha value is -2.38. The van der Waals surface area contributed by atoms with Crippen molar-refractivity contribution < 1.29 is 9.53 Å². The minimum Gasteiger partial charge on any atom is -0.368 e. The molecular weight excluding hydrogens is 354 g/mol. The number of likely N-dealkylation sites (tertiary alicyclic amines) is 1. The second-order valence-electron chi connectivity index (χ2n) is 6.94. The van der Waals surface area contributed by atoms with Crippen molar-refractivity contribution in [3.8, 4) is 0 Å². The molecule has 4 heterocycles. The average Bonchev–Trinajstić information content (AvgIpc) is 3.26. The van der Waals surface area contributed by atoms with E-state index in [4.69, 9.17) is 16.3 Å². The van der Waals surface area contributed by atoms with Crippen molar-refractivity contribution in [2.75, 3.05) is 13.1 Å². The molecule has 1 fully saturated rings. The molecule has 0 saturated carbocycles. The number of hydrogen-bond acceptors (Lipinski definition) is 4. The van der Waals surface area contributed by atoms with Gasteiger partial charge in [-0.25, -0.2) is 4.68 Å². The highest BCUT2D eigenvalue weighted by Gasteiger charge is 2.38. The van der Waals surface area contributed by atoms with Crippen LogP contribution in [0, 0.1) is 6.92 Å². The first-order chi connectivity index (χ1) is 12.6. The number of aromatic nitrogens is 4. The van der Waals surface area contributed by atoms with Crippen LogP contribution in [-0.4, -0.2) is 50.0 Å². The molecule has 0 aliphatic carbocycles. The Bertz CT molecular complexity index is 1010. The van der Waals surface area contributed by atoms with Gasteiger partial charge in [0.15, 0.2) is 0 Å². The van der Waals surface area contributed by atoms with Gasteiger partial charge in [0, 0.05) is 29.0 Å². The van der Waals surface area contributed by atoms with Crippen molar-refractivity contribution in [1.29, 1.82) is 0 Å². The number of carbonyl (C=O) groups excluding carboxylic acids is 1. The number of ether oxygens (including phenoxy) is 1. The molecule has 2 aliphatic rings. The van der Waals surface area contributed by atoms with Gasteiger partial charge in [0.1, 0.15) is 5.69 Å². The summed E-state index contributed by atoms with van der Waals surface area (Å²) in [5.74, 6) is 0.00117. The van der Waals surface area contributed by atoms with E-state index in [2.05, 4.69) is 15.3 Å². The summed E-state index contributed by atoms with van der Waals surface area (Å²) in [6.45, 7) is 3.66. The fraction of sp³-hybridized carbons (Fsp3) is 0.389. The second-order valence-corrected chi connectivity index (χ2v) is 7.38. The maximum Gasteiger partial charge on any atom is 0.270 e. The lowest BCUT2D eigenvalue weighted by molar-refractivity contribution is -0.0628. The van der Waals surface area contributed by atoms with Crippen LogP contribution in [0.3, 0.4) is 0 Å². The number of piperidine rings is 1. The zero-order chi connectivity index (χ0) is 17.8. The molecule has 8 heteroatoms. The number of benzene rings is 1. The molecule has 2 aliphatic heterocycles. The first-order valence-corrected chi connectivity index (χ1v) is 9.07. The Labute approximate surface area is 154 Å². The third kappa shape index (κ3) is 2.34. The summed E-state index contributed by atoms with van der Waals surface area (Å²) in [6, 6.07) is 5.77. The molecule has 2 aromatic heterocycles. The summed E-state index contributed by atoms with van der Waals surface area (Å²) < 4.78 is 7.92. The van der Waals surface area contributed by atoms with Gasteiger partial charge in [-0.3, -0.25) is 4.79 Å². The number of nitrogens with zero attached hydrogens (tertiary/aromatic N) is 4. The number of halogens is 1. The lowest BCUT2D eigenvalue weighted by Gasteiger charge is -2.40. The van der Waals surface area contributed by atoms with Gasteiger partial charge >= 0.3 is 0 Å². The van der Waals surface area contributed by atoms with Gasteiger partial charge in [-0.2, -0.15) is 0 Å². The van der Waals surface area contributed by atoms with E-state index in [1.165, 1.54) is 0 Å². The van der Waals surface area contributed by atoms with E-state index in [1.807, 2.05) is 34.7 Å². The van der Waals surface area contributed by atoms with E-state index in [0.717, 1.165) is 28.6 Å². The molecule has 3 aromatic rings. The number of fused-ring (bicyclic) bond motifs is 4. The van der Waals surface area contributed by atoms with E-state index in [1.54, 1.807) is 6.20 Å². The van der Waals surface area contributed by atoms with Crippen LogP contribution < -0.4 is 0 Å². The molecule has 0 bridgehead atoms. The highest BCUT2D eigenvalue weighted by molar-refractivity contribution is 6.31. The first-order valence-electron chi connectivity index (χ1n) is 8.69. The van der Waals surface area contributed by atoms with E-state index >= 15 is 0 Å². The van der Waals surface area contributed by atoms with Crippen LogP contribution in [-0.2, 0) is 11.3 Å². The standard InChI is InChI=1S/C18H18ClN5O2/c1-10-13-6-11(19)2-3-14(13)21-17(10)18(25)23-5-4-15-16(8-23)26-9-12-7-20-22-24(12)15/h2-3,6-7,15-16,21H,4-5,8-9H2,1H3/t15-,16-/m0/s1. The van der Waals surface area contributed by atoms with Gasteiger partial charge in [-0.05, 0) is 37.1 Å². The molecule has 1 N–H and O–H groups in total. The number of amides is 1. The van der Waals surface area contributed by atoms with Gasteiger partial charge < -0.3 is 14.6 Å². The summed E-state index contributed by atoms with van der Waals surface area (Å²) in [4.78, 5) is 18.2. The minimum absolute atomic E-state index is 0.00117. The summed E-state index contributed by atoms with van der Waals surface area (Å²) in [6.07, 6.45) is 2.49. The Kier molecular flexibility index (Phi) is 3.55. The average molecular weight is 372 g/mol. The monoisotopic (exact) mass is 371 g/mol. The molecular formula is C18H18ClN5O2. The Balaban J connectivity index is 1.42. The van der Waals surface area contributed by atoms with Crippen molar-refractivity contribution in [1.82, 2.24) is 24.9 Å². The molecule has 0 spiro atoms. The van der Waals surface area contributed by atoms with Crippen LogP contribution >= 0.6 is 11.6 Å². The zero-order valence-electron chi connectivity index (χ0n) is 14.3. The van der Waals surface area contributed by atoms with Crippen molar-refractivity contribution in [3.05, 3.63) is 46.4 Å². The molecule has 26 heavy (non-hydrogen) atoms. The molecule has 0 radical (unpaired) electrons. The molecule has 134 valence electrons. The lowest BCUT2D eigenvalue weighted by Crippen LogP contribution is -2.50. The van der Waals surface area contributed by atoms with Crippen LogP contribution in [0.4, 0.5) is 0 Å². The largest absolute Gasteiger partial charge is 0.368 e. The predicted molar refractivity (Wildman–Crippen MR) is 96.2 cm³/mol. The highest BCUT2D eigenvalue weighted by atomic mass is 35.5. The number of aryl methyl sites for hydroxylation is 1. The van der Waals surface area contributed by atoms with Crippen LogP contribution in [0.5, 0.6) is 0 Å². The maximum atomic E-state index is 13.1. The molecule has 5 rings (SSSR count). The Morgan fingerprint density at radius 3 is 3.19 bits per heavy atom. The summed E-state index contributed by atoms with van der Waals surface area (Å²) in [5, 5.41) is 9.81. The number of hydrogen-bond donors (Lipinski definition) is 1. The number of rotatable bonds is 1. The first kappa shape index (κ1) is 15.8. The molecule has 1 aromatic carbocycles. The molecule has 0 unspecified atom stereocenters. The van der Waals surface area contributed by atoms with Crippen LogP contribution in [0.25, 0.3) is 10.9 Å². The molecule has 7 nitrogen and oxygen atoms in total. The van der Waals surface area contributed by atoms with Gasteiger partial charge in [-0.1, -0.05) is 16.8 Å². The van der Waals surface area contributed by atoms with E-state index < -0.39 is 0 Å². The lowest BCUT2D eigenvalue weighted by atomic mass is 9.99. The van der Waals surface area contributed by atoms with E-state index in [-0.39, 0.29) is 18.1 Å². The number of H-pyrrole nitrogens is 1. The zero-order valence-corrected chi connectivity index (χ0v) is 15.0. The van der Waals surface area contributed by atoms with Gasteiger partial charge in [0.2, 0.25) is 0 Å². The normalized spacial score (nSPS) is 22.3. The van der Waals surface area contributed by atoms with Crippen molar-refractivity contribution >= 4 is 28.4 Å². The van der Waals surface area contributed by atoms with Crippen molar-refractivity contribution in [2.24, 2.45) is 0 Å². The fourth-order valence-electron chi connectivity index (χ4n) is 4.04. The third-order valence-electron chi connectivity index (χ3n) is 5.45. The minimum atomic E-state index is -0.0546. The Morgan fingerprint density at radius 1 is 1.42 bits per heavy atom. The number of carbonyl (C=O) groups is 1. The van der Waals surface area contributed by atoms with Crippen molar-refractivity contribution in [2.45, 2.75) is 32.1 Å². The van der Waals surface area contributed by atoms with Gasteiger partial charge in [0.05, 0.1) is 30.6 Å². The Morgan fingerprint density at radius 2 is 2.31 bits per heavy atom. The van der Waals surface area contributed by atoms with Crippen LogP contribution in [0.1, 0.15) is 34.2 Å². The van der Waals surface area contributed by atoms with E-state index in [0.29, 0.717) is 30.4 Å². The van der Waals surface area contributed by atoms with E-state index in [9.17, 15) is 4.79 Å². The molecule has 2 atom stereocenters. The van der Waals surface area contributed by atoms with Crippen LogP contribution in [0.15, 0.2) is 24.4 Å². The topological polar surface area (TPSA) is 76.0 Å². The van der Waals surface area contributed by atoms with Crippen molar-refractivity contribution in [3.63, 3.8) is 0 Å². The van der Waals surface area contributed by atoms with Crippen LogP contribution in [0.2, 0.25) is 5.02 Å². The number of nitrogens with one attached hydrogen (secondary N) is 1. The second kappa shape index (κ2) is 5.82. The highest BCUT2D eigenvalue weighted by Crippen LogP contribution is 2.32. The fourth-order valence-corrected chi connectivity index (χ4v) is 4.21. The summed E-state index contributed by atoms with van der Waals surface area (Å²) >= 11 is 6.10. The quantitative estimate of drug-likeness (QED) is 0.713. The summed E-state index contributed by atoms with van der Waals surface area (Å²) in [7, 11) is 0. The molecule has 1 amide bonds. The smallest absolute Gasteiger partial charge is 0.270 e. The van der Waals surface area contributed by atoms with Gasteiger partial charge in [-0.15, -0.1) is 5.10 Å². The molecule has 1 saturated heterocycles. The predicted octanol–water partition coefficient (Wildman–Crippen LogP) is 2.71. The third-order valence-corrected chi connectivity index (χ3v) is 5.69. The maximum absolute atomic E-state index is 13.1. The van der Waals surface area contributed by atoms with Gasteiger partial charge in [0.25, 0.3) is 5.91 Å². The summed E-state index contributed by atoms with van der Waals surface area (Å²) in [5.41, 5.74) is 3.47. The SMILES string of the molecule is Cc1c(C(=O)N2CC[C@H]3[C@H](C2)OCc2cnnn23)[nH]c2ccc(Cl)cc12. The number of aromatic amines is 1.